The molecule has 0 saturated carbocycles. The van der Waals surface area contributed by atoms with E-state index < -0.39 is 0 Å². The summed E-state index contributed by atoms with van der Waals surface area (Å²) in [7, 11) is 0. The minimum Gasteiger partial charge on any atom is -0.264 e. The van der Waals surface area contributed by atoms with Crippen molar-refractivity contribution in [2.24, 2.45) is 5.92 Å². The maximum Gasteiger partial charge on any atom is 0.128 e. The molecule has 0 N–H and O–H groups in total. The summed E-state index contributed by atoms with van der Waals surface area (Å²) in [5.41, 5.74) is 2.74. The molecule has 3 heterocycles. The Morgan fingerprint density at radius 2 is 2.32 bits per heavy atom. The van der Waals surface area contributed by atoms with Crippen molar-refractivity contribution >= 4 is 33.3 Å². The lowest BCUT2D eigenvalue weighted by molar-refractivity contribution is 0.509. The summed E-state index contributed by atoms with van der Waals surface area (Å²) in [4.78, 5) is 15.9. The van der Waals surface area contributed by atoms with E-state index in [0.717, 1.165) is 21.5 Å². The summed E-state index contributed by atoms with van der Waals surface area (Å²) >= 11 is 3.66. The van der Waals surface area contributed by atoms with Gasteiger partial charge in [-0.2, -0.15) is 0 Å². The molecule has 0 spiro atoms. The lowest BCUT2D eigenvalue weighted by atomic mass is 9.89. The van der Waals surface area contributed by atoms with Crippen LogP contribution in [0.25, 0.3) is 10.2 Å². The van der Waals surface area contributed by atoms with E-state index in [0.29, 0.717) is 0 Å². The molecule has 0 fully saturated rings. The Morgan fingerprint density at radius 1 is 1.36 bits per heavy atom. The Hall–Kier alpha value is -1.46. The summed E-state index contributed by atoms with van der Waals surface area (Å²) < 4.78 is 0. The van der Waals surface area contributed by atoms with Crippen molar-refractivity contribution in [2.75, 3.05) is 0 Å². The van der Waals surface area contributed by atoms with Gasteiger partial charge in [-0.15, -0.1) is 23.1 Å². The standard InChI is InChI=1S/C17H17N3S2/c1-11-4-5-13-14(7-11)22-17-15(13)16(19-10-20-17)21-9-12-3-2-6-18-8-12/h2-3,6,8,10-11H,4-5,7,9H2,1H3/t11-/m0/s1. The van der Waals surface area contributed by atoms with Crippen molar-refractivity contribution < 1.29 is 0 Å². The molecule has 5 heteroatoms. The molecule has 112 valence electrons. The highest BCUT2D eigenvalue weighted by atomic mass is 32.2. The predicted molar refractivity (Wildman–Crippen MR) is 92.4 cm³/mol. The van der Waals surface area contributed by atoms with Crippen molar-refractivity contribution in [3.8, 4) is 0 Å². The highest BCUT2D eigenvalue weighted by molar-refractivity contribution is 7.98. The number of thiophene rings is 1. The lowest BCUT2D eigenvalue weighted by Gasteiger charge is -2.18. The van der Waals surface area contributed by atoms with Crippen LogP contribution < -0.4 is 0 Å². The van der Waals surface area contributed by atoms with Gasteiger partial charge in [-0.25, -0.2) is 9.97 Å². The molecule has 0 bridgehead atoms. The maximum atomic E-state index is 4.56. The normalized spacial score (nSPS) is 17.6. The van der Waals surface area contributed by atoms with E-state index in [9.17, 15) is 0 Å². The van der Waals surface area contributed by atoms with Gasteiger partial charge in [-0.1, -0.05) is 13.0 Å². The van der Waals surface area contributed by atoms with Crippen LogP contribution >= 0.6 is 23.1 Å². The quantitative estimate of drug-likeness (QED) is 0.524. The Balaban J connectivity index is 1.69. The number of aryl methyl sites for hydroxylation is 1. The SMILES string of the molecule is C[C@H]1CCc2c(sc3ncnc(SCc4cccnc4)c23)C1. The molecular weight excluding hydrogens is 310 g/mol. The van der Waals surface area contributed by atoms with Crippen molar-refractivity contribution in [3.05, 3.63) is 46.9 Å². The van der Waals surface area contributed by atoms with E-state index in [1.54, 1.807) is 18.1 Å². The molecule has 3 aromatic rings. The third kappa shape index (κ3) is 2.63. The fraction of sp³-hybridized carbons (Fsp3) is 0.353. The van der Waals surface area contributed by atoms with Gasteiger partial charge in [0.2, 0.25) is 0 Å². The molecule has 4 rings (SSSR count). The highest BCUT2D eigenvalue weighted by Gasteiger charge is 2.23. The van der Waals surface area contributed by atoms with Crippen LogP contribution in [0.15, 0.2) is 35.9 Å². The summed E-state index contributed by atoms with van der Waals surface area (Å²) in [6.45, 7) is 2.34. The van der Waals surface area contributed by atoms with Crippen molar-refractivity contribution in [1.29, 1.82) is 0 Å². The molecule has 3 nitrogen and oxygen atoms in total. The van der Waals surface area contributed by atoms with Gasteiger partial charge in [0, 0.05) is 28.4 Å². The van der Waals surface area contributed by atoms with Crippen molar-refractivity contribution in [3.63, 3.8) is 0 Å². The van der Waals surface area contributed by atoms with Gasteiger partial charge in [-0.3, -0.25) is 4.98 Å². The first-order chi connectivity index (χ1) is 10.8. The number of hydrogen-bond donors (Lipinski definition) is 0. The van der Waals surface area contributed by atoms with Gasteiger partial charge in [0.25, 0.3) is 0 Å². The van der Waals surface area contributed by atoms with Crippen molar-refractivity contribution in [1.82, 2.24) is 15.0 Å². The smallest absolute Gasteiger partial charge is 0.128 e. The minimum atomic E-state index is 0.792. The zero-order valence-corrected chi connectivity index (χ0v) is 14.1. The number of nitrogens with zero attached hydrogens (tertiary/aromatic N) is 3. The molecule has 1 atom stereocenters. The molecule has 1 aliphatic carbocycles. The number of hydrogen-bond acceptors (Lipinski definition) is 5. The third-order valence-electron chi connectivity index (χ3n) is 4.16. The Kier molecular flexibility index (Phi) is 3.84. The second kappa shape index (κ2) is 5.97. The second-order valence-corrected chi connectivity index (χ2v) is 7.91. The molecule has 3 aromatic heterocycles. The number of rotatable bonds is 3. The van der Waals surface area contributed by atoms with E-state index in [1.165, 1.54) is 40.7 Å². The first kappa shape index (κ1) is 14.2. The highest BCUT2D eigenvalue weighted by Crippen LogP contribution is 2.40. The van der Waals surface area contributed by atoms with Gasteiger partial charge in [0.15, 0.2) is 0 Å². The summed E-state index contributed by atoms with van der Waals surface area (Å²) in [6, 6.07) is 4.10. The van der Waals surface area contributed by atoms with Crippen molar-refractivity contribution in [2.45, 2.75) is 37.0 Å². The molecular formula is C17H17N3S2. The van der Waals surface area contributed by atoms with Crippen LogP contribution in [0.5, 0.6) is 0 Å². The van der Waals surface area contributed by atoms with Crippen LogP contribution in [-0.2, 0) is 18.6 Å². The predicted octanol–water partition coefficient (Wildman–Crippen LogP) is 4.50. The van der Waals surface area contributed by atoms with Crippen LogP contribution in [0.2, 0.25) is 0 Å². The van der Waals surface area contributed by atoms with Crippen LogP contribution in [0.4, 0.5) is 0 Å². The summed E-state index contributed by atoms with van der Waals surface area (Å²) in [6.07, 6.45) is 9.09. The number of fused-ring (bicyclic) bond motifs is 3. The van der Waals surface area contributed by atoms with Gasteiger partial charge in [0.1, 0.15) is 16.2 Å². The maximum absolute atomic E-state index is 4.56. The molecule has 0 radical (unpaired) electrons. The Labute approximate surface area is 138 Å². The molecule has 22 heavy (non-hydrogen) atoms. The van der Waals surface area contributed by atoms with Crippen LogP contribution in [0, 0.1) is 5.92 Å². The molecule has 0 aliphatic heterocycles. The summed E-state index contributed by atoms with van der Waals surface area (Å²) in [5.74, 6) is 1.70. The van der Waals surface area contributed by atoms with Gasteiger partial charge >= 0.3 is 0 Å². The number of thioether (sulfide) groups is 1. The Bertz CT molecular complexity index is 798. The monoisotopic (exact) mass is 327 g/mol. The fourth-order valence-electron chi connectivity index (χ4n) is 2.99. The minimum absolute atomic E-state index is 0.792. The van der Waals surface area contributed by atoms with Crippen LogP contribution in [0.1, 0.15) is 29.3 Å². The average molecular weight is 327 g/mol. The first-order valence-electron chi connectivity index (χ1n) is 7.58. The van der Waals surface area contributed by atoms with E-state index >= 15 is 0 Å². The fourth-order valence-corrected chi connectivity index (χ4v) is 5.37. The number of aromatic nitrogens is 3. The average Bonchev–Trinajstić information content (AvgIpc) is 2.91. The Morgan fingerprint density at radius 3 is 3.18 bits per heavy atom. The number of pyridine rings is 1. The first-order valence-corrected chi connectivity index (χ1v) is 9.38. The summed E-state index contributed by atoms with van der Waals surface area (Å²) in [5, 5.41) is 2.43. The lowest BCUT2D eigenvalue weighted by Crippen LogP contribution is -2.08. The van der Waals surface area contributed by atoms with Gasteiger partial charge in [-0.05, 0) is 42.4 Å². The molecule has 0 amide bonds. The molecule has 0 unspecified atom stereocenters. The van der Waals surface area contributed by atoms with Crippen LogP contribution in [0.3, 0.4) is 0 Å². The largest absolute Gasteiger partial charge is 0.264 e. The third-order valence-corrected chi connectivity index (χ3v) is 6.38. The topological polar surface area (TPSA) is 38.7 Å². The molecule has 1 aliphatic rings. The van der Waals surface area contributed by atoms with E-state index in [4.69, 9.17) is 0 Å². The zero-order chi connectivity index (χ0) is 14.9. The van der Waals surface area contributed by atoms with E-state index in [2.05, 4.69) is 27.9 Å². The van der Waals surface area contributed by atoms with E-state index in [1.807, 2.05) is 29.8 Å². The second-order valence-electron chi connectivity index (χ2n) is 5.86. The van der Waals surface area contributed by atoms with E-state index in [-0.39, 0.29) is 0 Å². The molecule has 0 saturated heterocycles. The molecule has 0 aromatic carbocycles. The van der Waals surface area contributed by atoms with Crippen LogP contribution in [-0.4, -0.2) is 15.0 Å². The van der Waals surface area contributed by atoms with Gasteiger partial charge in [0.05, 0.1) is 0 Å². The zero-order valence-electron chi connectivity index (χ0n) is 12.5. The van der Waals surface area contributed by atoms with Gasteiger partial charge < -0.3 is 0 Å².